The molecule has 200 valence electrons. The Hall–Kier alpha value is -2.59. The van der Waals surface area contributed by atoms with E-state index in [0.717, 1.165) is 15.5 Å². The second-order valence-electron chi connectivity index (χ2n) is 8.70. The highest BCUT2D eigenvalue weighted by molar-refractivity contribution is 8.01. The number of benzene rings is 1. The molecule has 39 heavy (non-hydrogen) atoms. The van der Waals surface area contributed by atoms with Gasteiger partial charge in [-0.15, -0.1) is 21.5 Å². The van der Waals surface area contributed by atoms with Crippen molar-refractivity contribution in [2.45, 2.75) is 36.4 Å². The normalized spacial score (nSPS) is 17.4. The fraction of sp³-hybridized carbons (Fsp3) is 0.240. The van der Waals surface area contributed by atoms with Crippen LogP contribution < -0.4 is 16.0 Å². The second-order valence-corrected chi connectivity index (χ2v) is 13.4. The van der Waals surface area contributed by atoms with E-state index in [1.54, 1.807) is 16.2 Å². The van der Waals surface area contributed by atoms with Gasteiger partial charge in [0.25, 0.3) is 0 Å². The van der Waals surface area contributed by atoms with Crippen LogP contribution in [0.3, 0.4) is 0 Å². The van der Waals surface area contributed by atoms with Gasteiger partial charge in [-0.1, -0.05) is 57.9 Å². The van der Waals surface area contributed by atoms with Crippen molar-refractivity contribution < 1.29 is 9.59 Å². The van der Waals surface area contributed by atoms with Gasteiger partial charge in [-0.3, -0.25) is 14.5 Å². The molecule has 3 aromatic rings. The van der Waals surface area contributed by atoms with Gasteiger partial charge in [0.05, 0.1) is 44.1 Å². The molecule has 1 aromatic carbocycles. The number of rotatable bonds is 6. The summed E-state index contributed by atoms with van der Waals surface area (Å²) in [6.07, 6.45) is 1.72. The molecule has 0 spiro atoms. The average molecular weight is 638 g/mol. The maximum absolute atomic E-state index is 13.2. The Bertz CT molecular complexity index is 1610. The van der Waals surface area contributed by atoms with Crippen molar-refractivity contribution in [2.24, 2.45) is 5.73 Å². The van der Waals surface area contributed by atoms with Gasteiger partial charge in [0.2, 0.25) is 11.0 Å². The number of carbonyl (C=O) groups excluding carboxylic acids is 2. The molecule has 2 aromatic heterocycles. The summed E-state index contributed by atoms with van der Waals surface area (Å²) in [7, 11) is 0. The van der Waals surface area contributed by atoms with Crippen molar-refractivity contribution >= 4 is 91.7 Å². The lowest BCUT2D eigenvalue weighted by Gasteiger charge is -2.37. The van der Waals surface area contributed by atoms with Crippen molar-refractivity contribution in [2.75, 3.05) is 16.0 Å². The van der Waals surface area contributed by atoms with Gasteiger partial charge in [-0.2, -0.15) is 5.26 Å². The van der Waals surface area contributed by atoms with Crippen LogP contribution in [-0.4, -0.2) is 27.6 Å². The summed E-state index contributed by atoms with van der Waals surface area (Å²) in [5, 5.41) is 22.6. The number of anilines is 2. The van der Waals surface area contributed by atoms with Crippen molar-refractivity contribution in [3.05, 3.63) is 71.8 Å². The molecule has 8 nitrogen and oxygen atoms in total. The summed E-state index contributed by atoms with van der Waals surface area (Å²) in [5.74, 6) is -0.535. The van der Waals surface area contributed by atoms with Crippen LogP contribution in [0.15, 0.2) is 51.3 Å². The molecular weight excluding hydrogens is 619 g/mol. The fourth-order valence-electron chi connectivity index (χ4n) is 4.48. The Labute approximate surface area is 251 Å². The molecule has 2 aliphatic rings. The summed E-state index contributed by atoms with van der Waals surface area (Å²) in [6.45, 7) is 1.99. The molecule has 14 heteroatoms. The van der Waals surface area contributed by atoms with Crippen LogP contribution in [0, 0.1) is 18.3 Å². The molecule has 0 saturated heterocycles. The number of hydrogen-bond donors (Lipinski definition) is 2. The molecule has 1 aliphatic carbocycles. The number of thioether (sulfide) groups is 1. The number of carbonyl (C=O) groups is 2. The number of nitrogens with one attached hydrogen (secondary N) is 1. The summed E-state index contributed by atoms with van der Waals surface area (Å²) < 4.78 is 0.520. The van der Waals surface area contributed by atoms with Crippen LogP contribution in [-0.2, 0) is 9.59 Å². The number of aryl methyl sites for hydroxylation is 1. The Kier molecular flexibility index (Phi) is 8.24. The topological polar surface area (TPSA) is 125 Å². The van der Waals surface area contributed by atoms with Crippen molar-refractivity contribution in [1.82, 2.24) is 10.2 Å². The third kappa shape index (κ3) is 5.55. The summed E-state index contributed by atoms with van der Waals surface area (Å²) in [6, 6.07) is 9.12. The van der Waals surface area contributed by atoms with Crippen molar-refractivity contribution in [3.8, 4) is 6.07 Å². The minimum Gasteiger partial charge on any atom is -0.384 e. The number of Topliss-reactive ketones (excluding diaryl/α,β-unsaturated/α-hetero) is 1. The number of nitrogens with two attached hydrogens (primary N) is 1. The first-order chi connectivity index (χ1) is 18.7. The number of hydrogen-bond acceptors (Lipinski definition) is 10. The lowest BCUT2D eigenvalue weighted by atomic mass is 9.78. The number of nitrogens with zero attached hydrogens (tertiary/aromatic N) is 4. The molecule has 0 saturated carbocycles. The zero-order chi connectivity index (χ0) is 27.8. The molecule has 1 aliphatic heterocycles. The number of thiophene rings is 1. The highest BCUT2D eigenvalue weighted by atomic mass is 35.5. The minimum absolute atomic E-state index is 0.00861. The number of ketones is 1. The Morgan fingerprint density at radius 3 is 2.69 bits per heavy atom. The fourth-order valence-corrected chi connectivity index (χ4v) is 7.75. The van der Waals surface area contributed by atoms with Crippen LogP contribution in [0.2, 0.25) is 15.1 Å². The van der Waals surface area contributed by atoms with E-state index in [1.807, 2.05) is 19.1 Å². The first-order valence-corrected chi connectivity index (χ1v) is 15.4. The van der Waals surface area contributed by atoms with Crippen LogP contribution >= 0.6 is 69.2 Å². The SMILES string of the molecule is Cc1ccc(C2C(C#N)=C(N)N(c3nnc(SCC(=O)Nc4cc(Cl)c(Cl)cc4Cl)s3)C3=C2C(=O)CCC3)s1. The van der Waals surface area contributed by atoms with E-state index in [-0.39, 0.29) is 38.3 Å². The third-order valence-electron chi connectivity index (χ3n) is 6.16. The molecule has 1 atom stereocenters. The maximum atomic E-state index is 13.2. The lowest BCUT2D eigenvalue weighted by molar-refractivity contribution is -0.116. The molecule has 1 amide bonds. The average Bonchev–Trinajstić information content (AvgIpc) is 3.54. The summed E-state index contributed by atoms with van der Waals surface area (Å²) in [5.41, 5.74) is 8.59. The van der Waals surface area contributed by atoms with Gasteiger partial charge in [0.15, 0.2) is 10.1 Å². The molecule has 3 N–H and O–H groups in total. The van der Waals surface area contributed by atoms with E-state index in [4.69, 9.17) is 40.5 Å². The predicted molar refractivity (Wildman–Crippen MR) is 158 cm³/mol. The number of allylic oxidation sites excluding steroid dienone is 3. The highest BCUT2D eigenvalue weighted by Gasteiger charge is 2.41. The zero-order valence-electron chi connectivity index (χ0n) is 20.3. The summed E-state index contributed by atoms with van der Waals surface area (Å²) >= 11 is 22.1. The number of halogens is 3. The largest absolute Gasteiger partial charge is 0.384 e. The number of nitriles is 1. The highest BCUT2D eigenvalue weighted by Crippen LogP contribution is 2.48. The van der Waals surface area contributed by atoms with E-state index in [0.29, 0.717) is 45.6 Å². The standard InChI is InChI=1S/C25H19Cl3N6O2S3/c1-11-5-6-19(38-11)21-12(9-29)23(30)34(17-3-2-4-18(35)22(17)21)24-32-33-25(39-24)37-10-20(36)31-16-8-14(27)13(26)7-15(16)28/h5-8,21H,2-4,10,30H2,1H3,(H,31,36). The first-order valence-electron chi connectivity index (χ1n) is 11.6. The minimum atomic E-state index is -0.494. The van der Waals surface area contributed by atoms with Gasteiger partial charge in [0.1, 0.15) is 5.82 Å². The monoisotopic (exact) mass is 636 g/mol. The second kappa shape index (κ2) is 11.5. The number of amides is 1. The van der Waals surface area contributed by atoms with E-state index in [2.05, 4.69) is 21.6 Å². The molecule has 0 radical (unpaired) electrons. The lowest BCUT2D eigenvalue weighted by Crippen LogP contribution is -2.38. The van der Waals surface area contributed by atoms with Crippen LogP contribution in [0.5, 0.6) is 0 Å². The van der Waals surface area contributed by atoms with Crippen molar-refractivity contribution in [1.29, 1.82) is 5.26 Å². The molecule has 0 fully saturated rings. The van der Waals surface area contributed by atoms with Gasteiger partial charge in [-0.25, -0.2) is 0 Å². The molecule has 3 heterocycles. The zero-order valence-corrected chi connectivity index (χ0v) is 25.0. The van der Waals surface area contributed by atoms with Crippen LogP contribution in [0.4, 0.5) is 10.8 Å². The molecule has 5 rings (SSSR count). The van der Waals surface area contributed by atoms with Gasteiger partial charge < -0.3 is 11.1 Å². The summed E-state index contributed by atoms with van der Waals surface area (Å²) in [4.78, 5) is 29.4. The van der Waals surface area contributed by atoms with Crippen molar-refractivity contribution in [3.63, 3.8) is 0 Å². The van der Waals surface area contributed by atoms with E-state index >= 15 is 0 Å². The van der Waals surface area contributed by atoms with E-state index < -0.39 is 5.92 Å². The quantitative estimate of drug-likeness (QED) is 0.221. The van der Waals surface area contributed by atoms with E-state index in [1.165, 1.54) is 35.2 Å². The van der Waals surface area contributed by atoms with E-state index in [9.17, 15) is 14.9 Å². The van der Waals surface area contributed by atoms with Crippen LogP contribution in [0.1, 0.15) is 34.9 Å². The van der Waals surface area contributed by atoms with Gasteiger partial charge in [-0.05, 0) is 44.0 Å². The van der Waals surface area contributed by atoms with Gasteiger partial charge >= 0.3 is 0 Å². The van der Waals surface area contributed by atoms with Gasteiger partial charge in [0, 0.05) is 27.4 Å². The predicted octanol–water partition coefficient (Wildman–Crippen LogP) is 6.90. The molecule has 0 bridgehead atoms. The molecular formula is C25H19Cl3N6O2S3. The Balaban J connectivity index is 1.39. The Morgan fingerprint density at radius 1 is 1.21 bits per heavy atom. The molecule has 1 unspecified atom stereocenters. The maximum Gasteiger partial charge on any atom is 0.234 e. The third-order valence-corrected chi connectivity index (χ3v) is 10.3. The first kappa shape index (κ1) is 28.0. The van der Waals surface area contributed by atoms with Crippen LogP contribution in [0.25, 0.3) is 0 Å². The smallest absolute Gasteiger partial charge is 0.234 e. The Morgan fingerprint density at radius 2 is 1.97 bits per heavy atom. The number of aromatic nitrogens is 2.